The van der Waals surface area contributed by atoms with Crippen LogP contribution < -0.4 is 0 Å². The summed E-state index contributed by atoms with van der Waals surface area (Å²) in [5, 5.41) is 3.50. The number of nitrogens with zero attached hydrogens (tertiary/aromatic N) is 2. The molecule has 0 radical (unpaired) electrons. The highest BCUT2D eigenvalue weighted by molar-refractivity contribution is 8.00. The van der Waals surface area contributed by atoms with Crippen molar-refractivity contribution in [1.82, 2.24) is 9.97 Å². The van der Waals surface area contributed by atoms with Gasteiger partial charge in [0, 0.05) is 22.7 Å². The largest absolute Gasteiger partial charge is 0.252 e. The first-order valence-electron chi connectivity index (χ1n) is 7.44. The van der Waals surface area contributed by atoms with Crippen LogP contribution in [0.1, 0.15) is 26.3 Å². The molecule has 0 aliphatic carbocycles. The topological polar surface area (TPSA) is 25.8 Å². The normalized spacial score (nSPS) is 11.8. The first kappa shape index (κ1) is 15.0. The molecule has 3 heteroatoms. The van der Waals surface area contributed by atoms with Gasteiger partial charge in [-0.15, -0.1) is 0 Å². The summed E-state index contributed by atoms with van der Waals surface area (Å²) in [6.07, 6.45) is 3.55. The van der Waals surface area contributed by atoms with Crippen molar-refractivity contribution in [2.45, 2.75) is 37.5 Å². The van der Waals surface area contributed by atoms with Crippen molar-refractivity contribution < 1.29 is 0 Å². The fourth-order valence-corrected chi connectivity index (χ4v) is 3.48. The van der Waals surface area contributed by atoms with E-state index in [0.717, 1.165) is 16.3 Å². The number of aryl methyl sites for hydroxylation is 1. The van der Waals surface area contributed by atoms with E-state index < -0.39 is 0 Å². The Morgan fingerprint density at radius 1 is 0.864 bits per heavy atom. The number of hydrogen-bond acceptors (Lipinski definition) is 3. The summed E-state index contributed by atoms with van der Waals surface area (Å²) in [6.45, 7) is 8.74. The van der Waals surface area contributed by atoms with E-state index in [9.17, 15) is 0 Å². The highest BCUT2D eigenvalue weighted by Gasteiger charge is 2.18. The Kier molecular flexibility index (Phi) is 3.92. The third kappa shape index (κ3) is 3.00. The molecule has 0 aliphatic rings. The van der Waals surface area contributed by atoms with Crippen molar-refractivity contribution in [2.24, 2.45) is 0 Å². The van der Waals surface area contributed by atoms with Crippen LogP contribution in [0.25, 0.3) is 22.0 Å². The van der Waals surface area contributed by atoms with E-state index in [1.165, 1.54) is 16.3 Å². The lowest BCUT2D eigenvalue weighted by atomic mass is 9.99. The summed E-state index contributed by atoms with van der Waals surface area (Å²) in [5.41, 5.74) is 3.41. The first-order chi connectivity index (χ1) is 10.5. The van der Waals surface area contributed by atoms with Gasteiger partial charge in [0.25, 0.3) is 0 Å². The van der Waals surface area contributed by atoms with E-state index in [0.29, 0.717) is 0 Å². The van der Waals surface area contributed by atoms with Crippen LogP contribution in [0, 0.1) is 6.92 Å². The van der Waals surface area contributed by atoms with Crippen molar-refractivity contribution in [2.75, 3.05) is 0 Å². The van der Waals surface area contributed by atoms with Crippen LogP contribution >= 0.6 is 11.8 Å². The summed E-state index contributed by atoms with van der Waals surface area (Å²) in [7, 11) is 0. The van der Waals surface area contributed by atoms with Gasteiger partial charge in [0.2, 0.25) is 0 Å². The van der Waals surface area contributed by atoms with E-state index in [1.54, 1.807) is 24.2 Å². The molecule has 0 saturated heterocycles. The maximum atomic E-state index is 4.63. The first-order valence-corrected chi connectivity index (χ1v) is 8.26. The second kappa shape index (κ2) is 5.73. The third-order valence-electron chi connectivity index (χ3n) is 3.46. The number of hydrogen-bond donors (Lipinski definition) is 0. The molecule has 0 N–H and O–H groups in total. The minimum absolute atomic E-state index is 0.102. The zero-order valence-corrected chi connectivity index (χ0v) is 14.2. The molecule has 0 saturated carbocycles. The average Bonchev–Trinajstić information content (AvgIpc) is 2.47. The summed E-state index contributed by atoms with van der Waals surface area (Å²) in [6, 6.07) is 12.8. The molecule has 2 aromatic carbocycles. The fourth-order valence-electron chi connectivity index (χ4n) is 2.53. The molecule has 3 aromatic rings. The van der Waals surface area contributed by atoms with Crippen molar-refractivity contribution in [3.05, 3.63) is 54.4 Å². The van der Waals surface area contributed by atoms with Crippen LogP contribution in [0.2, 0.25) is 0 Å². The predicted molar refractivity (Wildman–Crippen MR) is 95.3 cm³/mol. The summed E-state index contributed by atoms with van der Waals surface area (Å²) >= 11 is 1.76. The van der Waals surface area contributed by atoms with E-state index in [1.807, 2.05) is 0 Å². The molecule has 22 heavy (non-hydrogen) atoms. The molecule has 0 bridgehead atoms. The van der Waals surface area contributed by atoms with Gasteiger partial charge in [0.05, 0.1) is 0 Å². The lowest BCUT2D eigenvalue weighted by Crippen LogP contribution is -2.08. The van der Waals surface area contributed by atoms with Gasteiger partial charge < -0.3 is 0 Å². The molecule has 112 valence electrons. The van der Waals surface area contributed by atoms with Crippen LogP contribution in [-0.4, -0.2) is 14.7 Å². The van der Waals surface area contributed by atoms with Gasteiger partial charge in [-0.1, -0.05) is 68.9 Å². The molecule has 0 unspecified atom stereocenters. The van der Waals surface area contributed by atoms with Gasteiger partial charge in [0.15, 0.2) is 0 Å². The highest BCUT2D eigenvalue weighted by atomic mass is 32.2. The second-order valence-electron chi connectivity index (χ2n) is 6.40. The monoisotopic (exact) mass is 308 g/mol. The number of rotatable bonds is 2. The Morgan fingerprint density at radius 3 is 2.27 bits per heavy atom. The minimum atomic E-state index is 0.102. The molecule has 0 atom stereocenters. The molecular weight excluding hydrogens is 288 g/mol. The molecule has 0 amide bonds. The Labute approximate surface area is 136 Å². The number of thioether (sulfide) groups is 1. The van der Waals surface area contributed by atoms with Crippen molar-refractivity contribution in [1.29, 1.82) is 0 Å². The van der Waals surface area contributed by atoms with Gasteiger partial charge in [-0.2, -0.15) is 0 Å². The lowest BCUT2D eigenvalue weighted by Gasteiger charge is -2.19. The number of fused-ring (bicyclic) bond motifs is 1. The fraction of sp³-hybridized carbons (Fsp3) is 0.263. The maximum absolute atomic E-state index is 4.63. The van der Waals surface area contributed by atoms with E-state index in [-0.39, 0.29) is 4.75 Å². The molecule has 3 rings (SSSR count). The standard InChI is InChI=1S/C19H20N2S/c1-13-9-10-16(15-8-6-5-7-14(13)15)17-18(21-12-11-20-17)22-19(2,3)4/h5-12H,1-4H3. The van der Waals surface area contributed by atoms with Crippen molar-refractivity contribution >= 4 is 22.5 Å². The van der Waals surface area contributed by atoms with Gasteiger partial charge in [0.1, 0.15) is 10.7 Å². The molecule has 0 spiro atoms. The molecular formula is C19H20N2S. The zero-order valence-electron chi connectivity index (χ0n) is 13.4. The smallest absolute Gasteiger partial charge is 0.123 e. The molecule has 1 heterocycles. The Balaban J connectivity index is 2.23. The van der Waals surface area contributed by atoms with E-state index in [2.05, 4.69) is 74.1 Å². The summed E-state index contributed by atoms with van der Waals surface area (Å²) in [4.78, 5) is 9.20. The Bertz CT molecular complexity index is 819. The van der Waals surface area contributed by atoms with Gasteiger partial charge in [-0.25, -0.2) is 4.98 Å². The Hall–Kier alpha value is -1.87. The lowest BCUT2D eigenvalue weighted by molar-refractivity contribution is 0.798. The van der Waals surface area contributed by atoms with Crippen molar-refractivity contribution in [3.63, 3.8) is 0 Å². The molecule has 1 aromatic heterocycles. The van der Waals surface area contributed by atoms with E-state index >= 15 is 0 Å². The SMILES string of the molecule is Cc1ccc(-c2nccnc2SC(C)(C)C)c2ccccc12. The Morgan fingerprint density at radius 2 is 1.55 bits per heavy atom. The summed E-state index contributed by atoms with van der Waals surface area (Å²) < 4.78 is 0.102. The minimum Gasteiger partial charge on any atom is -0.252 e. The predicted octanol–water partition coefficient (Wildman–Crippen LogP) is 5.50. The van der Waals surface area contributed by atoms with Crippen molar-refractivity contribution in [3.8, 4) is 11.3 Å². The number of aromatic nitrogens is 2. The average molecular weight is 308 g/mol. The quantitative estimate of drug-likeness (QED) is 0.585. The van der Waals surface area contributed by atoms with Crippen LogP contribution in [0.5, 0.6) is 0 Å². The van der Waals surface area contributed by atoms with Crippen LogP contribution in [0.15, 0.2) is 53.8 Å². The second-order valence-corrected chi connectivity index (χ2v) is 8.22. The van der Waals surface area contributed by atoms with E-state index in [4.69, 9.17) is 0 Å². The van der Waals surface area contributed by atoms with Crippen LogP contribution in [0.4, 0.5) is 0 Å². The van der Waals surface area contributed by atoms with Gasteiger partial charge in [-0.05, 0) is 23.3 Å². The zero-order chi connectivity index (χ0) is 15.7. The summed E-state index contributed by atoms with van der Waals surface area (Å²) in [5.74, 6) is 0. The highest BCUT2D eigenvalue weighted by Crippen LogP contribution is 2.38. The van der Waals surface area contributed by atoms with Gasteiger partial charge in [-0.3, -0.25) is 4.98 Å². The molecule has 0 aliphatic heterocycles. The molecule has 0 fully saturated rings. The molecule has 2 nitrogen and oxygen atoms in total. The van der Waals surface area contributed by atoms with Gasteiger partial charge >= 0.3 is 0 Å². The van der Waals surface area contributed by atoms with Crippen LogP contribution in [-0.2, 0) is 0 Å². The third-order valence-corrected chi connectivity index (χ3v) is 4.57. The van der Waals surface area contributed by atoms with Crippen LogP contribution in [0.3, 0.4) is 0 Å². The maximum Gasteiger partial charge on any atom is 0.123 e. The number of benzene rings is 2.